The van der Waals surface area contributed by atoms with Crippen molar-refractivity contribution < 1.29 is 13.2 Å². The fourth-order valence-corrected chi connectivity index (χ4v) is 2.75. The molecule has 0 heterocycles. The molecule has 7 heteroatoms. The smallest absolute Gasteiger partial charge is 0.232 e. The van der Waals surface area contributed by atoms with E-state index in [4.69, 9.17) is 38.6 Å². The van der Waals surface area contributed by atoms with Gasteiger partial charge in [-0.2, -0.15) is 0 Å². The van der Waals surface area contributed by atoms with Gasteiger partial charge < -0.3 is 4.74 Å². The summed E-state index contributed by atoms with van der Waals surface area (Å²) in [4.78, 5) is 0. The van der Waals surface area contributed by atoms with Crippen molar-refractivity contribution >= 4 is 42.9 Å². The second kappa shape index (κ2) is 7.58. The molecule has 0 bridgehead atoms. The van der Waals surface area contributed by atoms with Crippen molar-refractivity contribution in [3.8, 4) is 5.75 Å². The third-order valence-electron chi connectivity index (χ3n) is 2.64. The Morgan fingerprint density at radius 1 is 1.26 bits per heavy atom. The van der Waals surface area contributed by atoms with E-state index in [1.807, 2.05) is 6.92 Å². The fourth-order valence-electron chi connectivity index (χ4n) is 1.45. The van der Waals surface area contributed by atoms with Gasteiger partial charge in [0.25, 0.3) is 0 Å². The summed E-state index contributed by atoms with van der Waals surface area (Å²) in [6, 6.07) is 5.18. The van der Waals surface area contributed by atoms with Crippen LogP contribution in [0.15, 0.2) is 18.2 Å². The molecule has 0 aromatic heterocycles. The van der Waals surface area contributed by atoms with E-state index in [-0.39, 0.29) is 11.7 Å². The van der Waals surface area contributed by atoms with E-state index in [0.29, 0.717) is 28.8 Å². The topological polar surface area (TPSA) is 43.4 Å². The molecule has 108 valence electrons. The van der Waals surface area contributed by atoms with Gasteiger partial charge in [0.05, 0.1) is 17.4 Å². The summed E-state index contributed by atoms with van der Waals surface area (Å²) < 4.78 is 27.2. The monoisotopic (exact) mass is 344 g/mol. The van der Waals surface area contributed by atoms with Crippen molar-refractivity contribution in [1.82, 2.24) is 0 Å². The van der Waals surface area contributed by atoms with Crippen molar-refractivity contribution in [3.05, 3.63) is 28.2 Å². The molecule has 0 spiro atoms. The van der Waals surface area contributed by atoms with Crippen LogP contribution in [0.3, 0.4) is 0 Å². The molecule has 0 saturated carbocycles. The van der Waals surface area contributed by atoms with Crippen LogP contribution < -0.4 is 4.74 Å². The van der Waals surface area contributed by atoms with Crippen LogP contribution in [0, 0.1) is 5.92 Å². The molecule has 1 unspecified atom stereocenters. The van der Waals surface area contributed by atoms with Crippen molar-refractivity contribution in [1.29, 1.82) is 0 Å². The summed E-state index contributed by atoms with van der Waals surface area (Å²) in [5.41, 5.74) is 0. The van der Waals surface area contributed by atoms with Crippen molar-refractivity contribution in [3.63, 3.8) is 0 Å². The van der Waals surface area contributed by atoms with Crippen molar-refractivity contribution in [2.24, 2.45) is 5.92 Å². The van der Waals surface area contributed by atoms with Crippen LogP contribution in [-0.4, -0.2) is 20.8 Å². The van der Waals surface area contributed by atoms with E-state index in [0.717, 1.165) is 6.42 Å². The van der Waals surface area contributed by atoms with E-state index in [1.165, 1.54) is 0 Å². The van der Waals surface area contributed by atoms with Gasteiger partial charge in [-0.05, 0) is 30.9 Å². The summed E-state index contributed by atoms with van der Waals surface area (Å²) in [5, 5.41) is 0.834. The average molecular weight is 346 g/mol. The number of ether oxygens (including phenoxy) is 1. The molecule has 0 aliphatic rings. The molecule has 0 radical (unpaired) electrons. The number of halogens is 3. The maximum Gasteiger partial charge on any atom is 0.232 e. The number of benzene rings is 1. The Morgan fingerprint density at radius 3 is 2.58 bits per heavy atom. The highest BCUT2D eigenvalue weighted by Crippen LogP contribution is 2.31. The Balaban J connectivity index is 2.36. The van der Waals surface area contributed by atoms with Gasteiger partial charge in [-0.15, -0.1) is 0 Å². The quantitative estimate of drug-likeness (QED) is 0.690. The molecular formula is C12H15Cl3O3S. The van der Waals surface area contributed by atoms with E-state index < -0.39 is 9.05 Å². The summed E-state index contributed by atoms with van der Waals surface area (Å²) in [7, 11) is 1.74. The second-order valence-electron chi connectivity index (χ2n) is 4.33. The SMILES string of the molecule is CC(CCOc1cccc(Cl)c1Cl)CCS(=O)(=O)Cl. The van der Waals surface area contributed by atoms with E-state index in [9.17, 15) is 8.42 Å². The molecule has 1 aromatic rings. The second-order valence-corrected chi connectivity index (χ2v) is 8.01. The molecule has 0 aliphatic heterocycles. The number of rotatable bonds is 7. The van der Waals surface area contributed by atoms with Crippen molar-refractivity contribution in [2.75, 3.05) is 12.4 Å². The van der Waals surface area contributed by atoms with E-state index in [2.05, 4.69) is 0 Å². The lowest BCUT2D eigenvalue weighted by molar-refractivity contribution is 0.282. The van der Waals surface area contributed by atoms with Gasteiger partial charge in [0.1, 0.15) is 10.8 Å². The normalized spacial score (nSPS) is 13.3. The maximum absolute atomic E-state index is 10.8. The summed E-state index contributed by atoms with van der Waals surface area (Å²) in [6.45, 7) is 2.40. The Bertz CT molecular complexity index is 517. The minimum absolute atomic E-state index is 0.0202. The third-order valence-corrected chi connectivity index (χ3v) is 4.63. The Morgan fingerprint density at radius 2 is 1.95 bits per heavy atom. The molecule has 1 aromatic carbocycles. The molecule has 1 rings (SSSR count). The number of hydrogen-bond donors (Lipinski definition) is 0. The summed E-state index contributed by atoms with van der Waals surface area (Å²) in [6.07, 6.45) is 1.23. The Labute approximate surface area is 128 Å². The summed E-state index contributed by atoms with van der Waals surface area (Å²) in [5.74, 6) is 0.714. The average Bonchev–Trinajstić information content (AvgIpc) is 2.31. The molecule has 1 atom stereocenters. The lowest BCUT2D eigenvalue weighted by Crippen LogP contribution is -2.08. The standard InChI is InChI=1S/C12H15Cl3O3S/c1-9(6-8-19(15,16)17)5-7-18-11-4-2-3-10(13)12(11)14/h2-4,9H,5-8H2,1H3. The Hall–Kier alpha value is -0.160. The molecule has 19 heavy (non-hydrogen) atoms. The largest absolute Gasteiger partial charge is 0.492 e. The van der Waals surface area contributed by atoms with Gasteiger partial charge in [0.15, 0.2) is 0 Å². The highest BCUT2D eigenvalue weighted by Gasteiger charge is 2.11. The minimum Gasteiger partial charge on any atom is -0.492 e. The highest BCUT2D eigenvalue weighted by molar-refractivity contribution is 8.13. The first kappa shape index (κ1) is 16.9. The van der Waals surface area contributed by atoms with E-state index >= 15 is 0 Å². The van der Waals surface area contributed by atoms with Gasteiger partial charge in [0.2, 0.25) is 9.05 Å². The zero-order valence-corrected chi connectivity index (χ0v) is 13.5. The lowest BCUT2D eigenvalue weighted by Gasteiger charge is -2.12. The first-order valence-corrected chi connectivity index (χ1v) is 9.02. The highest BCUT2D eigenvalue weighted by atomic mass is 35.7. The molecule has 0 amide bonds. The molecule has 0 aliphatic carbocycles. The van der Waals surface area contributed by atoms with Gasteiger partial charge in [0, 0.05) is 10.7 Å². The minimum atomic E-state index is -3.42. The van der Waals surface area contributed by atoms with Crippen LogP contribution >= 0.6 is 33.9 Å². The van der Waals surface area contributed by atoms with Crippen LogP contribution in [0.1, 0.15) is 19.8 Å². The van der Waals surface area contributed by atoms with Gasteiger partial charge >= 0.3 is 0 Å². The fraction of sp³-hybridized carbons (Fsp3) is 0.500. The van der Waals surface area contributed by atoms with E-state index in [1.54, 1.807) is 18.2 Å². The van der Waals surface area contributed by atoms with Crippen LogP contribution in [0.5, 0.6) is 5.75 Å². The predicted octanol–water partition coefficient (Wildman–Crippen LogP) is 4.36. The predicted molar refractivity (Wildman–Crippen MR) is 80.0 cm³/mol. The maximum atomic E-state index is 10.8. The molecule has 0 saturated heterocycles. The first-order chi connectivity index (χ1) is 8.79. The van der Waals surface area contributed by atoms with Crippen LogP contribution in [-0.2, 0) is 9.05 Å². The third kappa shape index (κ3) is 6.70. The van der Waals surface area contributed by atoms with Crippen molar-refractivity contribution in [2.45, 2.75) is 19.8 Å². The number of hydrogen-bond acceptors (Lipinski definition) is 3. The lowest BCUT2D eigenvalue weighted by atomic mass is 10.1. The molecule has 0 fully saturated rings. The zero-order valence-electron chi connectivity index (χ0n) is 10.4. The molecule has 3 nitrogen and oxygen atoms in total. The van der Waals surface area contributed by atoms with Crippen LogP contribution in [0.2, 0.25) is 10.0 Å². The molecule has 0 N–H and O–H groups in total. The molecular weight excluding hydrogens is 331 g/mol. The Kier molecular flexibility index (Phi) is 6.74. The first-order valence-electron chi connectivity index (χ1n) is 5.78. The summed E-state index contributed by atoms with van der Waals surface area (Å²) >= 11 is 11.8. The van der Waals surface area contributed by atoms with Crippen LogP contribution in [0.4, 0.5) is 0 Å². The zero-order chi connectivity index (χ0) is 14.5. The van der Waals surface area contributed by atoms with Gasteiger partial charge in [-0.25, -0.2) is 8.42 Å². The van der Waals surface area contributed by atoms with Gasteiger partial charge in [-0.3, -0.25) is 0 Å². The van der Waals surface area contributed by atoms with Gasteiger partial charge in [-0.1, -0.05) is 36.2 Å². The van der Waals surface area contributed by atoms with Crippen LogP contribution in [0.25, 0.3) is 0 Å².